The average Bonchev–Trinajstić information content (AvgIpc) is 3.09. The van der Waals surface area contributed by atoms with Crippen molar-refractivity contribution in [3.05, 3.63) is 64.2 Å². The van der Waals surface area contributed by atoms with Crippen molar-refractivity contribution in [3.8, 4) is 0 Å². The Morgan fingerprint density at radius 3 is 2.83 bits per heavy atom. The smallest absolute Gasteiger partial charge is 0.251 e. The molecule has 1 unspecified atom stereocenters. The molecule has 2 aliphatic rings. The summed E-state index contributed by atoms with van der Waals surface area (Å²) in [7, 11) is 0. The SMILES string of the molecule is O=c1cc(C2CCNCC2)n2nc3cccc(NC4NC=C(F)C=C4F)c3c2[nH]1. The van der Waals surface area contributed by atoms with Gasteiger partial charge in [-0.3, -0.25) is 4.79 Å². The largest absolute Gasteiger partial charge is 0.363 e. The number of dihydropyridines is 1. The molecule has 5 rings (SSSR count). The van der Waals surface area contributed by atoms with Gasteiger partial charge in [0.1, 0.15) is 23.5 Å². The van der Waals surface area contributed by atoms with Crippen LogP contribution in [-0.4, -0.2) is 33.9 Å². The maximum atomic E-state index is 14.2. The summed E-state index contributed by atoms with van der Waals surface area (Å²) in [4.78, 5) is 15.3. The van der Waals surface area contributed by atoms with E-state index in [0.717, 1.165) is 43.9 Å². The molecule has 4 heterocycles. The Balaban J connectivity index is 1.63. The van der Waals surface area contributed by atoms with E-state index in [1.54, 1.807) is 22.7 Å². The van der Waals surface area contributed by atoms with E-state index >= 15 is 0 Å². The molecule has 0 bridgehead atoms. The lowest BCUT2D eigenvalue weighted by molar-refractivity contribution is 0.446. The first kappa shape index (κ1) is 17.9. The van der Waals surface area contributed by atoms with E-state index in [1.165, 1.54) is 0 Å². The molecule has 1 fully saturated rings. The van der Waals surface area contributed by atoms with Crippen LogP contribution >= 0.6 is 0 Å². The number of benzene rings is 1. The van der Waals surface area contributed by atoms with Gasteiger partial charge in [0.25, 0.3) is 5.56 Å². The maximum Gasteiger partial charge on any atom is 0.251 e. The van der Waals surface area contributed by atoms with Crippen molar-refractivity contribution in [1.82, 2.24) is 25.2 Å². The Morgan fingerprint density at radius 1 is 1.21 bits per heavy atom. The van der Waals surface area contributed by atoms with Crippen LogP contribution in [0.2, 0.25) is 0 Å². The van der Waals surface area contributed by atoms with Crippen molar-refractivity contribution in [2.24, 2.45) is 0 Å². The number of hydrogen-bond donors (Lipinski definition) is 4. The average molecular weight is 398 g/mol. The Labute approximate surface area is 164 Å². The molecule has 0 radical (unpaired) electrons. The number of allylic oxidation sites excluding steroid dienone is 2. The van der Waals surface area contributed by atoms with Crippen molar-refractivity contribution in [2.75, 3.05) is 18.4 Å². The molecule has 0 amide bonds. The van der Waals surface area contributed by atoms with Crippen LogP contribution in [0.3, 0.4) is 0 Å². The van der Waals surface area contributed by atoms with Gasteiger partial charge < -0.3 is 20.9 Å². The lowest BCUT2D eigenvalue weighted by Crippen LogP contribution is -2.35. The van der Waals surface area contributed by atoms with Crippen LogP contribution < -0.4 is 21.5 Å². The van der Waals surface area contributed by atoms with Gasteiger partial charge in [0.15, 0.2) is 0 Å². The molecule has 0 aliphatic carbocycles. The third-order valence-electron chi connectivity index (χ3n) is 5.46. The van der Waals surface area contributed by atoms with Crippen molar-refractivity contribution in [2.45, 2.75) is 24.9 Å². The highest BCUT2D eigenvalue weighted by atomic mass is 19.1. The second kappa shape index (κ2) is 7.00. The minimum atomic E-state index is -0.908. The number of aromatic amines is 1. The number of rotatable bonds is 3. The maximum absolute atomic E-state index is 14.2. The van der Waals surface area contributed by atoms with Gasteiger partial charge in [-0.1, -0.05) is 6.07 Å². The van der Waals surface area contributed by atoms with Crippen LogP contribution in [0.1, 0.15) is 24.5 Å². The first-order chi connectivity index (χ1) is 14.1. The lowest BCUT2D eigenvalue weighted by atomic mass is 9.94. The van der Waals surface area contributed by atoms with E-state index < -0.39 is 17.8 Å². The van der Waals surface area contributed by atoms with Crippen LogP contribution in [-0.2, 0) is 0 Å². The van der Waals surface area contributed by atoms with E-state index in [9.17, 15) is 13.6 Å². The number of aromatic nitrogens is 3. The van der Waals surface area contributed by atoms with Crippen molar-refractivity contribution < 1.29 is 8.78 Å². The summed E-state index contributed by atoms with van der Waals surface area (Å²) >= 11 is 0. The Hall–Kier alpha value is -3.20. The summed E-state index contributed by atoms with van der Waals surface area (Å²) in [6, 6.07) is 7.04. The number of fused-ring (bicyclic) bond motifs is 3. The molecule has 9 heteroatoms. The molecule has 0 spiro atoms. The van der Waals surface area contributed by atoms with Crippen molar-refractivity contribution in [3.63, 3.8) is 0 Å². The van der Waals surface area contributed by atoms with Gasteiger partial charge in [-0.05, 0) is 38.1 Å². The summed E-state index contributed by atoms with van der Waals surface area (Å²) in [5.74, 6) is -1.10. The quantitative estimate of drug-likeness (QED) is 0.545. The molecule has 2 aromatic heterocycles. The zero-order valence-electron chi connectivity index (χ0n) is 15.5. The van der Waals surface area contributed by atoms with Gasteiger partial charge in [0.2, 0.25) is 0 Å². The summed E-state index contributed by atoms with van der Waals surface area (Å²) in [6.07, 6.45) is 2.89. The van der Waals surface area contributed by atoms with Gasteiger partial charge in [0, 0.05) is 29.9 Å². The number of H-pyrrole nitrogens is 1. The normalized spacial score (nSPS) is 20.4. The number of anilines is 1. The topological polar surface area (TPSA) is 86.2 Å². The van der Waals surface area contributed by atoms with Gasteiger partial charge >= 0.3 is 0 Å². The number of hydrogen-bond acceptors (Lipinski definition) is 5. The van der Waals surface area contributed by atoms with Crippen molar-refractivity contribution in [1.29, 1.82) is 0 Å². The summed E-state index contributed by atoms with van der Waals surface area (Å²) in [5.41, 5.74) is 2.50. The second-order valence-electron chi connectivity index (χ2n) is 7.35. The Morgan fingerprint density at radius 2 is 2.03 bits per heavy atom. The number of nitrogens with zero attached hydrogens (tertiary/aromatic N) is 2. The molecular formula is C20H20F2N6O. The minimum Gasteiger partial charge on any atom is -0.363 e. The fourth-order valence-electron chi connectivity index (χ4n) is 4.08. The third-order valence-corrected chi connectivity index (χ3v) is 5.46. The van der Waals surface area contributed by atoms with Gasteiger partial charge in [-0.25, -0.2) is 13.3 Å². The third kappa shape index (κ3) is 3.17. The highest BCUT2D eigenvalue weighted by Crippen LogP contribution is 2.31. The Kier molecular flexibility index (Phi) is 4.31. The molecule has 1 atom stereocenters. The van der Waals surface area contributed by atoms with Crippen LogP contribution in [0.25, 0.3) is 16.6 Å². The van der Waals surface area contributed by atoms with Crippen LogP contribution in [0.15, 0.2) is 53.0 Å². The predicted octanol–water partition coefficient (Wildman–Crippen LogP) is 2.65. The number of nitrogens with one attached hydrogen (secondary N) is 4. The Bertz CT molecular complexity index is 1200. The molecule has 4 N–H and O–H groups in total. The summed E-state index contributed by atoms with van der Waals surface area (Å²) in [5, 5.41) is 14.4. The fourth-order valence-corrected chi connectivity index (χ4v) is 4.08. The molecule has 1 aromatic carbocycles. The second-order valence-corrected chi connectivity index (χ2v) is 7.35. The molecule has 29 heavy (non-hydrogen) atoms. The lowest BCUT2D eigenvalue weighted by Gasteiger charge is -2.23. The first-order valence-electron chi connectivity index (χ1n) is 9.61. The number of piperidine rings is 1. The van der Waals surface area contributed by atoms with Crippen molar-refractivity contribution >= 4 is 22.2 Å². The molecule has 0 saturated carbocycles. The van der Waals surface area contributed by atoms with E-state index in [1.807, 2.05) is 6.07 Å². The molecule has 150 valence electrons. The van der Waals surface area contributed by atoms with Crippen LogP contribution in [0.4, 0.5) is 14.5 Å². The zero-order chi connectivity index (χ0) is 20.0. The van der Waals surface area contributed by atoms with Crippen LogP contribution in [0.5, 0.6) is 0 Å². The number of halogens is 2. The molecule has 2 aliphatic heterocycles. The predicted molar refractivity (Wildman–Crippen MR) is 107 cm³/mol. The summed E-state index contributed by atoms with van der Waals surface area (Å²) in [6.45, 7) is 1.80. The van der Waals surface area contributed by atoms with E-state index in [4.69, 9.17) is 5.10 Å². The first-order valence-corrected chi connectivity index (χ1v) is 9.61. The monoisotopic (exact) mass is 398 g/mol. The molecule has 3 aromatic rings. The molecule has 7 nitrogen and oxygen atoms in total. The fraction of sp³-hybridized carbons (Fsp3) is 0.300. The van der Waals surface area contributed by atoms with Gasteiger partial charge in [-0.15, -0.1) is 0 Å². The highest BCUT2D eigenvalue weighted by Gasteiger charge is 2.23. The molecular weight excluding hydrogens is 378 g/mol. The highest BCUT2D eigenvalue weighted by molar-refractivity contribution is 6.02. The molecule has 1 saturated heterocycles. The minimum absolute atomic E-state index is 0.200. The van der Waals surface area contributed by atoms with E-state index in [0.29, 0.717) is 22.2 Å². The van der Waals surface area contributed by atoms with E-state index in [2.05, 4.69) is 20.9 Å². The van der Waals surface area contributed by atoms with Crippen LogP contribution in [0, 0.1) is 0 Å². The van der Waals surface area contributed by atoms with E-state index in [-0.39, 0.29) is 11.5 Å². The standard InChI is InChI=1S/C20H20F2N6O/c21-12-8-13(22)19(24-10-12)25-14-2-1-3-15-18(14)20-26-17(29)9-16(28(20)27-15)11-4-6-23-7-5-11/h1-3,8-11,19,23-25H,4-7H2,(H,26,29). The summed E-state index contributed by atoms with van der Waals surface area (Å²) < 4.78 is 29.2. The van der Waals surface area contributed by atoms with Gasteiger partial charge in [0.05, 0.1) is 16.6 Å². The zero-order valence-corrected chi connectivity index (χ0v) is 15.5. The van der Waals surface area contributed by atoms with Gasteiger partial charge in [-0.2, -0.15) is 5.10 Å².